The Balaban J connectivity index is 1.20. The van der Waals surface area contributed by atoms with Crippen molar-refractivity contribution in [1.29, 1.82) is 0 Å². The molecule has 0 radical (unpaired) electrons. The van der Waals surface area contributed by atoms with Crippen molar-refractivity contribution >= 4 is 95.0 Å². The van der Waals surface area contributed by atoms with Gasteiger partial charge in [-0.05, 0) is 184 Å². The zero-order valence-corrected chi connectivity index (χ0v) is 43.3. The van der Waals surface area contributed by atoms with E-state index in [1.54, 1.807) is 0 Å². The highest BCUT2D eigenvalue weighted by Gasteiger charge is 2.47. The maximum absolute atomic E-state index is 2.66. The number of rotatable bonds is 5. The third-order valence-corrected chi connectivity index (χ3v) is 16.8. The Morgan fingerprint density at radius 2 is 1.06 bits per heavy atom. The summed E-state index contributed by atoms with van der Waals surface area (Å²) in [6.07, 6.45) is 2.38. The van der Waals surface area contributed by atoms with Crippen LogP contribution in [-0.2, 0) is 21.7 Å². The molecule has 3 nitrogen and oxygen atoms in total. The molecule has 1 aliphatic carbocycles. The average molecular weight is 908 g/mol. The predicted octanol–water partition coefficient (Wildman–Crippen LogP) is 16.3. The molecule has 0 amide bonds. The fourth-order valence-corrected chi connectivity index (χ4v) is 13.1. The third-order valence-electron chi connectivity index (χ3n) is 15.6. The van der Waals surface area contributed by atoms with Gasteiger partial charge in [0.2, 0.25) is 0 Å². The molecule has 0 saturated heterocycles. The number of nitrogens with zero attached hydrogens (tertiary/aromatic N) is 3. The first-order valence-corrected chi connectivity index (χ1v) is 25.7. The molecule has 0 unspecified atom stereocenters. The lowest BCUT2D eigenvalue weighted by Gasteiger charge is -2.44. The van der Waals surface area contributed by atoms with Crippen LogP contribution in [0.15, 0.2) is 140 Å². The van der Waals surface area contributed by atoms with Crippen LogP contribution in [0.25, 0.3) is 10.1 Å². The summed E-state index contributed by atoms with van der Waals surface area (Å²) in [7, 11) is 0. The van der Waals surface area contributed by atoms with Crippen molar-refractivity contribution in [1.82, 2.24) is 0 Å². The third kappa shape index (κ3) is 7.05. The fourth-order valence-electron chi connectivity index (χ4n) is 11.8. The monoisotopic (exact) mass is 908 g/mol. The van der Waals surface area contributed by atoms with E-state index in [9.17, 15) is 0 Å². The number of anilines is 9. The summed E-state index contributed by atoms with van der Waals surface area (Å²) in [5, 5.41) is 1.38. The average Bonchev–Trinajstić information content (AvgIpc) is 3.66. The summed E-state index contributed by atoms with van der Waals surface area (Å²) in [6, 6.07) is 53.5. The van der Waals surface area contributed by atoms with Crippen LogP contribution in [0.2, 0.25) is 0 Å². The Kier molecular flexibility index (Phi) is 10.1. The van der Waals surface area contributed by atoms with Gasteiger partial charge in [0.15, 0.2) is 0 Å². The van der Waals surface area contributed by atoms with Gasteiger partial charge in [0.25, 0.3) is 6.71 Å². The molecule has 342 valence electrons. The molecule has 0 saturated carbocycles. The Labute approximate surface area is 410 Å². The zero-order chi connectivity index (χ0) is 47.8. The molecular weight excluding hydrogens is 842 g/mol. The first-order chi connectivity index (χ1) is 32.2. The molecule has 7 aromatic carbocycles. The van der Waals surface area contributed by atoms with E-state index in [1.165, 1.54) is 112 Å². The second kappa shape index (κ2) is 15.5. The SMILES string of the molecule is Cc1cc2c3c(c1)N(c1ccc(C(C)(C)C)cc1)c1c(sc4cc5c(cc14)C(C)(C)CCC5(C)C)B3c1cc(C(C)(C)C)ccc1N2c1c(C)cc(N(c2ccccc2)c2ccccc2)cc1C. The molecule has 0 spiro atoms. The Morgan fingerprint density at radius 3 is 1.62 bits per heavy atom. The number of hydrogen-bond donors (Lipinski definition) is 0. The largest absolute Gasteiger partial charge is 0.311 e. The summed E-state index contributed by atoms with van der Waals surface area (Å²) < 4.78 is 2.83. The minimum atomic E-state index is -0.0310. The van der Waals surface area contributed by atoms with Crippen LogP contribution < -0.4 is 30.4 Å². The van der Waals surface area contributed by atoms with Gasteiger partial charge in [0.1, 0.15) is 0 Å². The summed E-state index contributed by atoms with van der Waals surface area (Å²) in [5.74, 6) is 0. The molecule has 8 aromatic rings. The minimum absolute atomic E-state index is 0.0310. The van der Waals surface area contributed by atoms with Crippen molar-refractivity contribution in [3.63, 3.8) is 0 Å². The van der Waals surface area contributed by atoms with Gasteiger partial charge in [0, 0.05) is 54.7 Å². The number of thiophene rings is 1. The van der Waals surface area contributed by atoms with Crippen LogP contribution in [0.3, 0.4) is 0 Å². The molecule has 3 heterocycles. The molecule has 0 N–H and O–H groups in total. The summed E-state index contributed by atoms with van der Waals surface area (Å²) in [6.45, 7) is 30.9. The second-order valence-electron chi connectivity index (χ2n) is 23.6. The Morgan fingerprint density at radius 1 is 0.529 bits per heavy atom. The standard InChI is InChI=1S/C63H66BN3S/c1-39-32-53-56-54(33-39)67(57-40(2)34-47(35-41(57)3)65(44-20-16-14-17-21-44)45-22-18-15-19-23-45)52-29-26-43(61(7,8)9)36-51(52)64(56)59-58(66(53)46-27-24-42(25-28-46)60(4,5)6)48-37-49-50(38-55(48)68-59)63(12,13)31-30-62(49,10)11/h14-29,32-38H,30-31H2,1-13H3. The topological polar surface area (TPSA) is 9.72 Å². The quantitative estimate of drug-likeness (QED) is 0.159. The van der Waals surface area contributed by atoms with Crippen LogP contribution in [0, 0.1) is 20.8 Å². The first-order valence-electron chi connectivity index (χ1n) is 24.8. The highest BCUT2D eigenvalue weighted by Crippen LogP contribution is 2.53. The number of aryl methyl sites for hydroxylation is 3. The molecule has 5 heteroatoms. The van der Waals surface area contributed by atoms with E-state index in [4.69, 9.17) is 0 Å². The molecule has 3 aliphatic rings. The van der Waals surface area contributed by atoms with Crippen LogP contribution in [-0.4, -0.2) is 6.71 Å². The molecule has 0 fully saturated rings. The van der Waals surface area contributed by atoms with Gasteiger partial charge in [-0.15, -0.1) is 11.3 Å². The summed E-state index contributed by atoms with van der Waals surface area (Å²) in [4.78, 5) is 7.68. The molecule has 0 bridgehead atoms. The second-order valence-corrected chi connectivity index (χ2v) is 24.6. The van der Waals surface area contributed by atoms with Crippen molar-refractivity contribution in [3.05, 3.63) is 178 Å². The van der Waals surface area contributed by atoms with E-state index in [0.29, 0.717) is 0 Å². The van der Waals surface area contributed by atoms with Gasteiger partial charge >= 0.3 is 0 Å². The van der Waals surface area contributed by atoms with Crippen LogP contribution in [0.5, 0.6) is 0 Å². The van der Waals surface area contributed by atoms with Crippen molar-refractivity contribution in [2.45, 2.75) is 125 Å². The lowest BCUT2D eigenvalue weighted by atomic mass is 9.36. The van der Waals surface area contributed by atoms with E-state index in [0.717, 1.165) is 17.1 Å². The lowest BCUT2D eigenvalue weighted by Crippen LogP contribution is -2.60. The normalized spacial score (nSPS) is 15.8. The number of benzene rings is 7. The number of hydrogen-bond acceptors (Lipinski definition) is 4. The van der Waals surface area contributed by atoms with E-state index in [2.05, 4.69) is 244 Å². The van der Waals surface area contributed by atoms with Crippen LogP contribution >= 0.6 is 11.3 Å². The molecule has 1 aromatic heterocycles. The number of para-hydroxylation sites is 2. The van der Waals surface area contributed by atoms with Crippen molar-refractivity contribution < 1.29 is 0 Å². The van der Waals surface area contributed by atoms with Crippen LogP contribution in [0.1, 0.15) is 121 Å². The van der Waals surface area contributed by atoms with Crippen molar-refractivity contribution in [2.24, 2.45) is 0 Å². The highest BCUT2D eigenvalue weighted by atomic mass is 32.1. The fraction of sp³-hybridized carbons (Fsp3) is 0.302. The summed E-state index contributed by atoms with van der Waals surface area (Å²) in [5.41, 5.74) is 23.5. The highest BCUT2D eigenvalue weighted by molar-refractivity contribution is 7.33. The smallest absolute Gasteiger partial charge is 0.264 e. The van der Waals surface area contributed by atoms with Crippen molar-refractivity contribution in [3.8, 4) is 0 Å². The summed E-state index contributed by atoms with van der Waals surface area (Å²) >= 11 is 2.04. The van der Waals surface area contributed by atoms with E-state index >= 15 is 0 Å². The van der Waals surface area contributed by atoms with Gasteiger partial charge in [-0.3, -0.25) is 0 Å². The zero-order valence-electron chi connectivity index (χ0n) is 42.5. The first kappa shape index (κ1) is 44.5. The molecule has 0 atom stereocenters. The Hall–Kier alpha value is -6.04. The lowest BCUT2D eigenvalue weighted by molar-refractivity contribution is 0.332. The molecule has 11 rings (SSSR count). The molecule has 2 aliphatic heterocycles. The van der Waals surface area contributed by atoms with E-state index < -0.39 is 0 Å². The predicted molar refractivity (Wildman–Crippen MR) is 297 cm³/mol. The van der Waals surface area contributed by atoms with Gasteiger partial charge in [0.05, 0.1) is 11.4 Å². The van der Waals surface area contributed by atoms with Gasteiger partial charge in [-0.2, -0.15) is 0 Å². The van der Waals surface area contributed by atoms with E-state index in [1.807, 2.05) is 11.3 Å². The van der Waals surface area contributed by atoms with Gasteiger partial charge in [-0.1, -0.05) is 130 Å². The van der Waals surface area contributed by atoms with E-state index in [-0.39, 0.29) is 28.4 Å². The van der Waals surface area contributed by atoms with Gasteiger partial charge < -0.3 is 14.7 Å². The maximum atomic E-state index is 2.66. The maximum Gasteiger partial charge on any atom is 0.264 e. The minimum Gasteiger partial charge on any atom is -0.311 e. The van der Waals surface area contributed by atoms with Crippen LogP contribution in [0.4, 0.5) is 51.2 Å². The number of fused-ring (bicyclic) bond motifs is 7. The Bertz CT molecular complexity index is 3230. The molecular formula is C63H66BN3S. The van der Waals surface area contributed by atoms with Crippen molar-refractivity contribution in [2.75, 3.05) is 14.7 Å². The molecule has 68 heavy (non-hydrogen) atoms. The van der Waals surface area contributed by atoms with Gasteiger partial charge in [-0.25, -0.2) is 0 Å².